The summed E-state index contributed by atoms with van der Waals surface area (Å²) < 4.78 is 0. The van der Waals surface area contributed by atoms with E-state index in [0.717, 1.165) is 45.4 Å². The van der Waals surface area contributed by atoms with Gasteiger partial charge >= 0.3 is 5.97 Å². The van der Waals surface area contributed by atoms with Crippen molar-refractivity contribution in [1.29, 1.82) is 0 Å². The quantitative estimate of drug-likeness (QED) is 0.745. The number of hydrogen-bond donors (Lipinski definition) is 2. The average molecular weight is 228 g/mol. The van der Waals surface area contributed by atoms with E-state index in [4.69, 9.17) is 0 Å². The van der Waals surface area contributed by atoms with Gasteiger partial charge < -0.3 is 10.4 Å². The number of carbonyl (C=O) groups is 1. The molecule has 2 N–H and O–H groups in total. The lowest BCUT2D eigenvalue weighted by Gasteiger charge is -2.39. The summed E-state index contributed by atoms with van der Waals surface area (Å²) in [4.78, 5) is 13.8. The van der Waals surface area contributed by atoms with Crippen molar-refractivity contribution >= 4 is 5.97 Å². The Morgan fingerprint density at radius 2 is 2.12 bits per heavy atom. The number of carboxylic acids is 1. The number of nitrogens with zero attached hydrogens (tertiary/aromatic N) is 1. The molecule has 1 rings (SSSR count). The predicted octanol–water partition coefficient (Wildman–Crippen LogP) is 1.32. The normalized spacial score (nSPS) is 22.4. The fraction of sp³-hybridized carbons (Fsp3) is 0.917. The summed E-state index contributed by atoms with van der Waals surface area (Å²) in [5.74, 6) is -0.654. The van der Waals surface area contributed by atoms with Crippen LogP contribution in [0.2, 0.25) is 0 Å². The van der Waals surface area contributed by atoms with E-state index in [-0.39, 0.29) is 0 Å². The first-order valence-electron chi connectivity index (χ1n) is 6.36. The average Bonchev–Trinajstić information content (AvgIpc) is 2.54. The van der Waals surface area contributed by atoms with Crippen molar-refractivity contribution in [2.24, 2.45) is 0 Å². The van der Waals surface area contributed by atoms with Crippen LogP contribution in [0.25, 0.3) is 0 Å². The lowest BCUT2D eigenvalue weighted by Crippen LogP contribution is -2.55. The third kappa shape index (κ3) is 2.74. The van der Waals surface area contributed by atoms with E-state index in [1.807, 2.05) is 6.92 Å². The molecule has 1 saturated heterocycles. The summed E-state index contributed by atoms with van der Waals surface area (Å²) in [6.07, 6.45) is 3.40. The summed E-state index contributed by atoms with van der Waals surface area (Å²) in [6, 6.07) is 0. The molecule has 0 radical (unpaired) electrons. The van der Waals surface area contributed by atoms with Crippen molar-refractivity contribution < 1.29 is 9.90 Å². The van der Waals surface area contributed by atoms with Gasteiger partial charge in [0.1, 0.15) is 5.54 Å². The van der Waals surface area contributed by atoms with Crippen molar-refractivity contribution in [3.8, 4) is 0 Å². The van der Waals surface area contributed by atoms with Gasteiger partial charge in [-0.05, 0) is 25.8 Å². The Hall–Kier alpha value is -0.610. The van der Waals surface area contributed by atoms with Crippen LogP contribution in [0.4, 0.5) is 0 Å². The molecule has 1 fully saturated rings. The summed E-state index contributed by atoms with van der Waals surface area (Å²) in [5.41, 5.74) is -0.638. The highest BCUT2D eigenvalue weighted by Crippen LogP contribution is 2.26. The number of hydrogen-bond acceptors (Lipinski definition) is 3. The lowest BCUT2D eigenvalue weighted by atomic mass is 9.88. The topological polar surface area (TPSA) is 52.6 Å². The molecule has 0 spiro atoms. The largest absolute Gasteiger partial charge is 0.480 e. The van der Waals surface area contributed by atoms with Crippen molar-refractivity contribution in [1.82, 2.24) is 10.2 Å². The van der Waals surface area contributed by atoms with E-state index in [1.54, 1.807) is 0 Å². The smallest absolute Gasteiger partial charge is 0.324 e. The maximum Gasteiger partial charge on any atom is 0.324 e. The second kappa shape index (κ2) is 6.21. The molecule has 94 valence electrons. The van der Waals surface area contributed by atoms with Crippen LogP contribution >= 0.6 is 0 Å². The molecule has 0 aromatic carbocycles. The Kier molecular flexibility index (Phi) is 5.22. The molecule has 0 aliphatic carbocycles. The monoisotopic (exact) mass is 228 g/mol. The highest BCUT2D eigenvalue weighted by Gasteiger charge is 2.41. The van der Waals surface area contributed by atoms with Gasteiger partial charge in [0.05, 0.1) is 0 Å². The first kappa shape index (κ1) is 13.5. The first-order valence-corrected chi connectivity index (χ1v) is 6.36. The Bertz CT molecular complexity index is 225. The Balaban J connectivity index is 2.83. The van der Waals surface area contributed by atoms with Crippen LogP contribution in [0.3, 0.4) is 0 Å². The van der Waals surface area contributed by atoms with E-state index in [2.05, 4.69) is 17.1 Å². The van der Waals surface area contributed by atoms with Crippen molar-refractivity contribution in [3.05, 3.63) is 0 Å². The zero-order chi connectivity index (χ0) is 12.0. The van der Waals surface area contributed by atoms with Gasteiger partial charge in [0, 0.05) is 19.6 Å². The maximum atomic E-state index is 11.6. The molecule has 4 heteroatoms. The van der Waals surface area contributed by atoms with Gasteiger partial charge in [0.15, 0.2) is 0 Å². The van der Waals surface area contributed by atoms with Crippen LogP contribution < -0.4 is 5.32 Å². The number of carboxylic acid groups (broad SMARTS) is 1. The standard InChI is InChI=1S/C12H24N2O2/c1-3-6-12(4-2,11(15)16)14-9-5-7-13-8-10-14/h13H,3-10H2,1-2H3,(H,15,16). The van der Waals surface area contributed by atoms with E-state index >= 15 is 0 Å². The fourth-order valence-electron chi connectivity index (χ4n) is 2.64. The van der Waals surface area contributed by atoms with Gasteiger partial charge in [-0.1, -0.05) is 20.3 Å². The highest BCUT2D eigenvalue weighted by atomic mass is 16.4. The summed E-state index contributed by atoms with van der Waals surface area (Å²) in [6.45, 7) is 7.69. The predicted molar refractivity (Wildman–Crippen MR) is 64.6 cm³/mol. The van der Waals surface area contributed by atoms with Crippen molar-refractivity contribution in [2.45, 2.75) is 45.1 Å². The van der Waals surface area contributed by atoms with E-state index in [0.29, 0.717) is 6.42 Å². The number of rotatable bonds is 5. The van der Waals surface area contributed by atoms with E-state index in [1.165, 1.54) is 0 Å². The van der Waals surface area contributed by atoms with E-state index < -0.39 is 11.5 Å². The molecule has 1 aliphatic heterocycles. The fourth-order valence-corrected chi connectivity index (χ4v) is 2.64. The molecular weight excluding hydrogens is 204 g/mol. The van der Waals surface area contributed by atoms with Crippen LogP contribution in [0, 0.1) is 0 Å². The van der Waals surface area contributed by atoms with Gasteiger partial charge in [-0.2, -0.15) is 0 Å². The highest BCUT2D eigenvalue weighted by molar-refractivity contribution is 5.78. The third-order valence-electron chi connectivity index (χ3n) is 3.59. The minimum absolute atomic E-state index is 0.638. The molecular formula is C12H24N2O2. The molecule has 0 aromatic heterocycles. The summed E-state index contributed by atoms with van der Waals surface area (Å²) >= 11 is 0. The third-order valence-corrected chi connectivity index (χ3v) is 3.59. The van der Waals surface area contributed by atoms with Gasteiger partial charge in [0.25, 0.3) is 0 Å². The SMILES string of the molecule is CCCC(CC)(C(=O)O)N1CCCNCC1. The Morgan fingerprint density at radius 3 is 2.69 bits per heavy atom. The van der Waals surface area contributed by atoms with Gasteiger partial charge in [-0.25, -0.2) is 0 Å². The molecule has 0 amide bonds. The first-order chi connectivity index (χ1) is 7.67. The lowest BCUT2D eigenvalue weighted by molar-refractivity contribution is -0.152. The number of aliphatic carboxylic acids is 1. The zero-order valence-electron chi connectivity index (χ0n) is 10.5. The molecule has 1 unspecified atom stereocenters. The molecule has 16 heavy (non-hydrogen) atoms. The molecule has 4 nitrogen and oxygen atoms in total. The van der Waals surface area contributed by atoms with Gasteiger partial charge in [-0.15, -0.1) is 0 Å². The summed E-state index contributed by atoms with van der Waals surface area (Å²) in [5, 5.41) is 12.9. The van der Waals surface area contributed by atoms with Gasteiger partial charge in [0.2, 0.25) is 0 Å². The number of nitrogens with one attached hydrogen (secondary N) is 1. The Morgan fingerprint density at radius 1 is 1.38 bits per heavy atom. The van der Waals surface area contributed by atoms with Crippen LogP contribution in [0.5, 0.6) is 0 Å². The van der Waals surface area contributed by atoms with Crippen molar-refractivity contribution in [2.75, 3.05) is 26.2 Å². The minimum atomic E-state index is -0.654. The minimum Gasteiger partial charge on any atom is -0.480 e. The molecule has 1 aliphatic rings. The second-order valence-electron chi connectivity index (χ2n) is 4.53. The van der Waals surface area contributed by atoms with Crippen molar-refractivity contribution in [3.63, 3.8) is 0 Å². The van der Waals surface area contributed by atoms with E-state index in [9.17, 15) is 9.90 Å². The molecule has 0 saturated carbocycles. The second-order valence-corrected chi connectivity index (χ2v) is 4.53. The van der Waals surface area contributed by atoms with Gasteiger partial charge in [-0.3, -0.25) is 9.69 Å². The van der Waals surface area contributed by atoms with Crippen LogP contribution in [-0.2, 0) is 4.79 Å². The zero-order valence-corrected chi connectivity index (χ0v) is 10.5. The van der Waals surface area contributed by atoms with Crippen LogP contribution in [0.15, 0.2) is 0 Å². The molecule has 1 heterocycles. The summed E-state index contributed by atoms with van der Waals surface area (Å²) in [7, 11) is 0. The molecule has 0 bridgehead atoms. The van der Waals surface area contributed by atoms with Crippen LogP contribution in [0.1, 0.15) is 39.5 Å². The van der Waals surface area contributed by atoms with Crippen LogP contribution in [-0.4, -0.2) is 47.7 Å². The molecule has 1 atom stereocenters. The Labute approximate surface area is 98.0 Å². The maximum absolute atomic E-state index is 11.6. The molecule has 0 aromatic rings.